The Kier molecular flexibility index (Phi) is 4.53. The SMILES string of the molecule is Cc1ccccc1C(c1ccccc1)N(C)CC(=O)O. The molecule has 2 aromatic carbocycles. The Morgan fingerprint density at radius 2 is 1.70 bits per heavy atom. The summed E-state index contributed by atoms with van der Waals surface area (Å²) in [5.41, 5.74) is 3.41. The molecule has 1 atom stereocenters. The Hall–Kier alpha value is -2.13. The molecule has 2 aromatic rings. The van der Waals surface area contributed by atoms with Crippen molar-refractivity contribution in [1.82, 2.24) is 4.90 Å². The van der Waals surface area contributed by atoms with Gasteiger partial charge >= 0.3 is 5.97 Å². The molecule has 0 aliphatic heterocycles. The Bertz CT molecular complexity index is 581. The first kappa shape index (κ1) is 14.3. The predicted molar refractivity (Wildman–Crippen MR) is 79.7 cm³/mol. The monoisotopic (exact) mass is 269 g/mol. The summed E-state index contributed by atoms with van der Waals surface area (Å²) < 4.78 is 0. The lowest BCUT2D eigenvalue weighted by molar-refractivity contribution is -0.138. The van der Waals surface area contributed by atoms with Gasteiger partial charge in [0.25, 0.3) is 0 Å². The highest BCUT2D eigenvalue weighted by molar-refractivity contribution is 5.69. The second-order valence-corrected chi connectivity index (χ2v) is 4.98. The fraction of sp³-hybridized carbons (Fsp3) is 0.235. The van der Waals surface area contributed by atoms with E-state index >= 15 is 0 Å². The zero-order valence-corrected chi connectivity index (χ0v) is 11.8. The molecule has 0 aliphatic carbocycles. The standard InChI is InChI=1S/C17H19NO2/c1-13-8-6-7-11-15(13)17(18(2)12-16(19)20)14-9-4-3-5-10-14/h3-11,17H,12H2,1-2H3,(H,19,20). The van der Waals surface area contributed by atoms with Crippen molar-refractivity contribution in [3.8, 4) is 0 Å². The van der Waals surface area contributed by atoms with Gasteiger partial charge in [0, 0.05) is 0 Å². The van der Waals surface area contributed by atoms with Gasteiger partial charge in [0.05, 0.1) is 12.6 Å². The highest BCUT2D eigenvalue weighted by atomic mass is 16.4. The van der Waals surface area contributed by atoms with E-state index in [1.54, 1.807) is 0 Å². The van der Waals surface area contributed by atoms with Crippen molar-refractivity contribution in [3.63, 3.8) is 0 Å². The number of carboxylic acids is 1. The summed E-state index contributed by atoms with van der Waals surface area (Å²) in [6.45, 7) is 2.06. The Balaban J connectivity index is 2.45. The van der Waals surface area contributed by atoms with E-state index in [0.29, 0.717) is 0 Å². The van der Waals surface area contributed by atoms with Crippen LogP contribution in [0.15, 0.2) is 54.6 Å². The number of carboxylic acid groups (broad SMARTS) is 1. The molecule has 3 nitrogen and oxygen atoms in total. The Labute approximate surface area is 119 Å². The van der Waals surface area contributed by atoms with Crippen LogP contribution < -0.4 is 0 Å². The first-order valence-electron chi connectivity index (χ1n) is 6.62. The van der Waals surface area contributed by atoms with E-state index in [9.17, 15) is 4.79 Å². The molecule has 104 valence electrons. The molecule has 0 saturated heterocycles. The average Bonchev–Trinajstić information content (AvgIpc) is 2.42. The normalized spacial score (nSPS) is 12.3. The molecule has 0 aliphatic rings. The molecule has 0 saturated carbocycles. The van der Waals surface area contributed by atoms with E-state index in [-0.39, 0.29) is 12.6 Å². The highest BCUT2D eigenvalue weighted by Crippen LogP contribution is 2.29. The maximum absolute atomic E-state index is 11.0. The third-order valence-corrected chi connectivity index (χ3v) is 3.42. The van der Waals surface area contributed by atoms with Crippen LogP contribution in [0.3, 0.4) is 0 Å². The quantitative estimate of drug-likeness (QED) is 0.906. The van der Waals surface area contributed by atoms with Crippen molar-refractivity contribution in [2.24, 2.45) is 0 Å². The first-order chi connectivity index (χ1) is 9.59. The molecular weight excluding hydrogens is 250 g/mol. The van der Waals surface area contributed by atoms with Gasteiger partial charge in [-0.25, -0.2) is 0 Å². The third kappa shape index (κ3) is 3.25. The summed E-state index contributed by atoms with van der Waals surface area (Å²) in [6, 6.07) is 18.1. The lowest BCUT2D eigenvalue weighted by atomic mass is 9.94. The van der Waals surface area contributed by atoms with E-state index in [0.717, 1.165) is 11.1 Å². The van der Waals surface area contributed by atoms with Gasteiger partial charge in [-0.1, -0.05) is 54.6 Å². The predicted octanol–water partition coefficient (Wildman–Crippen LogP) is 3.10. The summed E-state index contributed by atoms with van der Waals surface area (Å²) in [6.07, 6.45) is 0. The van der Waals surface area contributed by atoms with Gasteiger partial charge in [0.15, 0.2) is 0 Å². The molecule has 0 spiro atoms. The Morgan fingerprint density at radius 3 is 2.30 bits per heavy atom. The smallest absolute Gasteiger partial charge is 0.317 e. The minimum atomic E-state index is -0.818. The molecule has 2 rings (SSSR count). The maximum atomic E-state index is 11.0. The fourth-order valence-electron chi connectivity index (χ4n) is 2.51. The second-order valence-electron chi connectivity index (χ2n) is 4.98. The summed E-state index contributed by atoms with van der Waals surface area (Å²) in [5, 5.41) is 9.05. The summed E-state index contributed by atoms with van der Waals surface area (Å²) in [7, 11) is 1.85. The lowest BCUT2D eigenvalue weighted by Crippen LogP contribution is -2.31. The van der Waals surface area contributed by atoms with Crippen LogP contribution in [0, 0.1) is 6.92 Å². The summed E-state index contributed by atoms with van der Waals surface area (Å²) in [4.78, 5) is 12.9. The molecule has 0 heterocycles. The van der Waals surface area contributed by atoms with Crippen molar-refractivity contribution in [2.45, 2.75) is 13.0 Å². The molecule has 3 heteroatoms. The van der Waals surface area contributed by atoms with Gasteiger partial charge in [-0.3, -0.25) is 9.69 Å². The summed E-state index contributed by atoms with van der Waals surface area (Å²) in [5.74, 6) is -0.818. The van der Waals surface area contributed by atoms with Crippen LogP contribution in [-0.4, -0.2) is 29.6 Å². The zero-order chi connectivity index (χ0) is 14.5. The summed E-state index contributed by atoms with van der Waals surface area (Å²) >= 11 is 0. The second kappa shape index (κ2) is 6.35. The number of hydrogen-bond donors (Lipinski definition) is 1. The van der Waals surface area contributed by atoms with E-state index < -0.39 is 5.97 Å². The van der Waals surface area contributed by atoms with E-state index in [4.69, 9.17) is 5.11 Å². The molecule has 0 radical (unpaired) electrons. The van der Waals surface area contributed by atoms with E-state index in [2.05, 4.69) is 19.1 Å². The topological polar surface area (TPSA) is 40.5 Å². The van der Waals surface area contributed by atoms with Crippen molar-refractivity contribution >= 4 is 5.97 Å². The number of hydrogen-bond acceptors (Lipinski definition) is 2. The number of likely N-dealkylation sites (N-methyl/N-ethyl adjacent to an activating group) is 1. The molecule has 1 N–H and O–H groups in total. The van der Waals surface area contributed by atoms with Gasteiger partial charge < -0.3 is 5.11 Å². The number of aryl methyl sites for hydroxylation is 1. The van der Waals surface area contributed by atoms with Crippen LogP contribution in [0.5, 0.6) is 0 Å². The molecule has 0 amide bonds. The molecule has 0 aromatic heterocycles. The van der Waals surface area contributed by atoms with Crippen LogP contribution in [0.25, 0.3) is 0 Å². The van der Waals surface area contributed by atoms with Gasteiger partial charge in [0.1, 0.15) is 0 Å². The Morgan fingerprint density at radius 1 is 1.10 bits per heavy atom. The molecule has 1 unspecified atom stereocenters. The highest BCUT2D eigenvalue weighted by Gasteiger charge is 2.22. The van der Waals surface area contributed by atoms with Crippen LogP contribution in [-0.2, 0) is 4.79 Å². The van der Waals surface area contributed by atoms with Gasteiger partial charge in [-0.2, -0.15) is 0 Å². The van der Waals surface area contributed by atoms with Crippen LogP contribution in [0.4, 0.5) is 0 Å². The molecule has 0 fully saturated rings. The maximum Gasteiger partial charge on any atom is 0.317 e. The van der Waals surface area contributed by atoms with Crippen molar-refractivity contribution < 1.29 is 9.90 Å². The van der Waals surface area contributed by atoms with Gasteiger partial charge in [0.2, 0.25) is 0 Å². The minimum Gasteiger partial charge on any atom is -0.480 e. The van der Waals surface area contributed by atoms with Crippen molar-refractivity contribution in [3.05, 3.63) is 71.3 Å². The lowest BCUT2D eigenvalue weighted by Gasteiger charge is -2.28. The van der Waals surface area contributed by atoms with Crippen LogP contribution >= 0.6 is 0 Å². The number of rotatable bonds is 5. The first-order valence-corrected chi connectivity index (χ1v) is 6.62. The molecule has 0 bridgehead atoms. The third-order valence-electron chi connectivity index (χ3n) is 3.42. The number of aliphatic carboxylic acids is 1. The largest absolute Gasteiger partial charge is 0.480 e. The zero-order valence-electron chi connectivity index (χ0n) is 11.8. The van der Waals surface area contributed by atoms with Gasteiger partial charge in [-0.15, -0.1) is 0 Å². The fourth-order valence-corrected chi connectivity index (χ4v) is 2.51. The van der Waals surface area contributed by atoms with Crippen molar-refractivity contribution in [1.29, 1.82) is 0 Å². The number of carbonyl (C=O) groups is 1. The minimum absolute atomic E-state index is 0.00783. The van der Waals surface area contributed by atoms with E-state index in [1.165, 1.54) is 5.56 Å². The van der Waals surface area contributed by atoms with Crippen molar-refractivity contribution in [2.75, 3.05) is 13.6 Å². The molecule has 20 heavy (non-hydrogen) atoms. The average molecular weight is 269 g/mol. The van der Waals surface area contributed by atoms with Crippen LogP contribution in [0.1, 0.15) is 22.7 Å². The number of benzene rings is 2. The van der Waals surface area contributed by atoms with Gasteiger partial charge in [-0.05, 0) is 30.7 Å². The number of nitrogens with zero attached hydrogens (tertiary/aromatic N) is 1. The molecular formula is C17H19NO2. The van der Waals surface area contributed by atoms with E-state index in [1.807, 2.05) is 54.4 Å². The van der Waals surface area contributed by atoms with Crippen LogP contribution in [0.2, 0.25) is 0 Å².